The molecule has 0 radical (unpaired) electrons. The highest BCUT2D eigenvalue weighted by atomic mass is 79.9. The van der Waals surface area contributed by atoms with Gasteiger partial charge in [-0.25, -0.2) is 4.98 Å². The minimum absolute atomic E-state index is 0.134. The number of anilines is 1. The van der Waals surface area contributed by atoms with Gasteiger partial charge in [-0.05, 0) is 15.9 Å². The molecule has 7 nitrogen and oxygen atoms in total. The number of hydrogen-bond donors (Lipinski definition) is 2. The fraction of sp³-hybridized carbons (Fsp3) is 0. The summed E-state index contributed by atoms with van der Waals surface area (Å²) in [6.07, 6.45) is 2.84. The molecule has 0 saturated carbocycles. The van der Waals surface area contributed by atoms with Crippen molar-refractivity contribution in [3.8, 4) is 11.4 Å². The van der Waals surface area contributed by atoms with Gasteiger partial charge in [-0.3, -0.25) is 15.2 Å². The summed E-state index contributed by atoms with van der Waals surface area (Å²) in [5, 5.41) is 17.1. The average Bonchev–Trinajstić information content (AvgIpc) is 2.64. The summed E-state index contributed by atoms with van der Waals surface area (Å²) in [5.74, 6) is 0. The highest BCUT2D eigenvalue weighted by Crippen LogP contribution is 2.31. The van der Waals surface area contributed by atoms with Crippen LogP contribution in [0.25, 0.3) is 11.4 Å². The van der Waals surface area contributed by atoms with Crippen LogP contribution in [-0.4, -0.2) is 20.1 Å². The van der Waals surface area contributed by atoms with Crippen molar-refractivity contribution in [3.05, 3.63) is 33.0 Å². The molecule has 3 N–H and O–H groups in total. The lowest BCUT2D eigenvalue weighted by molar-refractivity contribution is -0.384. The molecule has 0 spiro atoms. The molecule has 0 bridgehead atoms. The van der Waals surface area contributed by atoms with Crippen LogP contribution in [0.5, 0.6) is 0 Å². The number of aromatic amines is 1. The second-order valence-electron chi connectivity index (χ2n) is 2.98. The van der Waals surface area contributed by atoms with Gasteiger partial charge in [-0.2, -0.15) is 5.10 Å². The standard InChI is InChI=1S/C8H6BrN5O2/c9-4-1-6(14(15)16)8(11-2-4)7-5(10)3-12-13-7/h1-3H,10H2,(H,12,13). The second kappa shape index (κ2) is 3.89. The molecule has 0 atom stereocenters. The molecule has 0 aliphatic carbocycles. The maximum atomic E-state index is 10.9. The molecule has 8 heteroatoms. The Morgan fingerprint density at radius 3 is 2.81 bits per heavy atom. The van der Waals surface area contributed by atoms with E-state index in [4.69, 9.17) is 5.73 Å². The van der Waals surface area contributed by atoms with E-state index in [0.717, 1.165) is 0 Å². The summed E-state index contributed by atoms with van der Waals surface area (Å²) in [6, 6.07) is 1.36. The third-order valence-electron chi connectivity index (χ3n) is 1.94. The molecular formula is C8H6BrN5O2. The third-order valence-corrected chi connectivity index (χ3v) is 2.37. The Morgan fingerprint density at radius 1 is 1.50 bits per heavy atom. The van der Waals surface area contributed by atoms with Crippen molar-refractivity contribution in [3.63, 3.8) is 0 Å². The molecular weight excluding hydrogens is 278 g/mol. The van der Waals surface area contributed by atoms with Crippen molar-refractivity contribution in [2.45, 2.75) is 0 Å². The Morgan fingerprint density at radius 2 is 2.25 bits per heavy atom. The van der Waals surface area contributed by atoms with E-state index >= 15 is 0 Å². The first-order chi connectivity index (χ1) is 7.59. The van der Waals surface area contributed by atoms with Gasteiger partial charge in [0, 0.05) is 16.7 Å². The van der Waals surface area contributed by atoms with Crippen LogP contribution < -0.4 is 5.73 Å². The fourth-order valence-electron chi connectivity index (χ4n) is 1.25. The zero-order valence-corrected chi connectivity index (χ0v) is 9.43. The molecule has 0 aromatic carbocycles. The van der Waals surface area contributed by atoms with Crippen LogP contribution in [0.4, 0.5) is 11.4 Å². The predicted octanol–water partition coefficient (Wildman–Crippen LogP) is 1.72. The van der Waals surface area contributed by atoms with Crippen molar-refractivity contribution < 1.29 is 4.92 Å². The molecule has 82 valence electrons. The lowest BCUT2D eigenvalue weighted by Gasteiger charge is -2.00. The van der Waals surface area contributed by atoms with Crippen LogP contribution in [0.1, 0.15) is 0 Å². The number of nitrogens with zero attached hydrogens (tertiary/aromatic N) is 3. The number of nitrogen functional groups attached to an aromatic ring is 1. The van der Waals surface area contributed by atoms with Gasteiger partial charge in [0.05, 0.1) is 16.8 Å². The number of hydrogen-bond acceptors (Lipinski definition) is 5. The van der Waals surface area contributed by atoms with Crippen LogP contribution in [0, 0.1) is 10.1 Å². The van der Waals surface area contributed by atoms with Crippen LogP contribution in [-0.2, 0) is 0 Å². The summed E-state index contributed by atoms with van der Waals surface area (Å²) in [7, 11) is 0. The van der Waals surface area contributed by atoms with E-state index in [1.54, 1.807) is 0 Å². The molecule has 16 heavy (non-hydrogen) atoms. The van der Waals surface area contributed by atoms with Crippen LogP contribution in [0.3, 0.4) is 0 Å². The molecule has 2 rings (SSSR count). The molecule has 0 unspecified atom stereocenters. The lowest BCUT2D eigenvalue weighted by atomic mass is 10.2. The van der Waals surface area contributed by atoms with Crippen molar-refractivity contribution >= 4 is 27.3 Å². The van der Waals surface area contributed by atoms with E-state index in [1.807, 2.05) is 0 Å². The molecule has 2 aromatic rings. The zero-order valence-electron chi connectivity index (χ0n) is 7.85. The smallest absolute Gasteiger partial charge is 0.298 e. The molecule has 2 heterocycles. The summed E-state index contributed by atoms with van der Waals surface area (Å²) in [4.78, 5) is 14.3. The first-order valence-corrected chi connectivity index (χ1v) is 4.98. The maximum absolute atomic E-state index is 10.9. The van der Waals surface area contributed by atoms with Gasteiger partial charge in [-0.15, -0.1) is 0 Å². The molecule has 0 amide bonds. The number of nitrogens with two attached hydrogens (primary N) is 1. The number of H-pyrrole nitrogens is 1. The number of rotatable bonds is 2. The Hall–Kier alpha value is -1.96. The molecule has 0 aliphatic rings. The minimum atomic E-state index is -0.520. The Bertz CT molecular complexity index is 553. The van der Waals surface area contributed by atoms with Crippen LogP contribution in [0.15, 0.2) is 22.9 Å². The van der Waals surface area contributed by atoms with Crippen molar-refractivity contribution in [1.29, 1.82) is 0 Å². The third kappa shape index (κ3) is 1.74. The highest BCUT2D eigenvalue weighted by Gasteiger charge is 2.20. The van der Waals surface area contributed by atoms with Gasteiger partial charge in [0.15, 0.2) is 5.69 Å². The summed E-state index contributed by atoms with van der Waals surface area (Å²) >= 11 is 3.12. The average molecular weight is 284 g/mol. The van der Waals surface area contributed by atoms with Crippen molar-refractivity contribution in [1.82, 2.24) is 15.2 Å². The Balaban J connectivity index is 2.65. The van der Waals surface area contributed by atoms with E-state index < -0.39 is 4.92 Å². The van der Waals surface area contributed by atoms with E-state index in [9.17, 15) is 10.1 Å². The Kier molecular flexibility index (Phi) is 2.57. The SMILES string of the molecule is Nc1cn[nH]c1-c1ncc(Br)cc1[N+](=O)[O-]. The Labute approximate surface area is 98.0 Å². The number of aromatic nitrogens is 3. The van der Waals surface area contributed by atoms with E-state index in [2.05, 4.69) is 31.1 Å². The number of pyridine rings is 1. The minimum Gasteiger partial charge on any atom is -0.396 e. The normalized spacial score (nSPS) is 10.3. The first-order valence-electron chi connectivity index (χ1n) is 4.18. The lowest BCUT2D eigenvalue weighted by Crippen LogP contribution is -1.97. The quantitative estimate of drug-likeness (QED) is 0.644. The van der Waals surface area contributed by atoms with E-state index in [0.29, 0.717) is 15.9 Å². The topological polar surface area (TPSA) is 111 Å². The number of nitro groups is 1. The molecule has 2 aromatic heterocycles. The second-order valence-corrected chi connectivity index (χ2v) is 3.89. The van der Waals surface area contributed by atoms with Gasteiger partial charge in [0.1, 0.15) is 5.69 Å². The first kappa shape index (κ1) is 10.6. The van der Waals surface area contributed by atoms with Crippen molar-refractivity contribution in [2.24, 2.45) is 0 Å². The summed E-state index contributed by atoms with van der Waals surface area (Å²) in [5.41, 5.74) is 6.31. The van der Waals surface area contributed by atoms with Crippen LogP contribution >= 0.6 is 15.9 Å². The van der Waals surface area contributed by atoms with Gasteiger partial charge in [0.2, 0.25) is 0 Å². The maximum Gasteiger partial charge on any atom is 0.298 e. The van der Waals surface area contributed by atoms with Crippen molar-refractivity contribution in [2.75, 3.05) is 5.73 Å². The van der Waals surface area contributed by atoms with Gasteiger partial charge >= 0.3 is 0 Å². The molecule has 0 fully saturated rings. The molecule has 0 saturated heterocycles. The summed E-state index contributed by atoms with van der Waals surface area (Å²) in [6.45, 7) is 0. The summed E-state index contributed by atoms with van der Waals surface area (Å²) < 4.78 is 0.529. The monoisotopic (exact) mass is 283 g/mol. The zero-order chi connectivity index (χ0) is 11.7. The molecule has 0 aliphatic heterocycles. The van der Waals surface area contributed by atoms with Gasteiger partial charge in [-0.1, -0.05) is 0 Å². The van der Waals surface area contributed by atoms with E-state index in [-0.39, 0.29) is 11.4 Å². The predicted molar refractivity (Wildman–Crippen MR) is 60.6 cm³/mol. The van der Waals surface area contributed by atoms with E-state index in [1.165, 1.54) is 18.5 Å². The number of halogens is 1. The van der Waals surface area contributed by atoms with Crippen LogP contribution in [0.2, 0.25) is 0 Å². The largest absolute Gasteiger partial charge is 0.396 e. The van der Waals surface area contributed by atoms with Gasteiger partial charge in [0.25, 0.3) is 5.69 Å². The van der Waals surface area contributed by atoms with Gasteiger partial charge < -0.3 is 5.73 Å². The fourth-order valence-corrected chi connectivity index (χ4v) is 1.56. The number of nitrogens with one attached hydrogen (secondary N) is 1. The highest BCUT2D eigenvalue weighted by molar-refractivity contribution is 9.10.